The Morgan fingerprint density at radius 2 is 1.78 bits per heavy atom. The van der Waals surface area contributed by atoms with E-state index >= 15 is 13.6 Å². The van der Waals surface area contributed by atoms with Crippen LogP contribution in [-0.4, -0.2) is 76.1 Å². The number of aryl methyl sites for hydroxylation is 2. The molecule has 13 heteroatoms. The van der Waals surface area contributed by atoms with Crippen molar-refractivity contribution >= 4 is 57.3 Å². The van der Waals surface area contributed by atoms with Gasteiger partial charge in [-0.25, -0.2) is 13.6 Å². The number of nitrogens with zero attached hydrogens (tertiary/aromatic N) is 6. The Morgan fingerprint density at radius 3 is 2.39 bits per heavy atom. The predicted octanol–water partition coefficient (Wildman–Crippen LogP) is 5.70. The van der Waals surface area contributed by atoms with Crippen LogP contribution >= 0.6 is 0 Å². The second-order valence-electron chi connectivity index (χ2n) is 14.0. The van der Waals surface area contributed by atoms with Crippen LogP contribution in [0.2, 0.25) is 0 Å². The van der Waals surface area contributed by atoms with Crippen molar-refractivity contribution in [2.24, 2.45) is 28.9 Å². The number of anilines is 2. The van der Waals surface area contributed by atoms with Crippen LogP contribution in [0.25, 0.3) is 38.8 Å². The fourth-order valence-corrected chi connectivity index (χ4v) is 7.77. The Bertz CT molecular complexity index is 2330. The first-order valence-corrected chi connectivity index (χ1v) is 17.1. The number of benzene rings is 2. The van der Waals surface area contributed by atoms with Gasteiger partial charge in [0.05, 0.1) is 50.9 Å². The van der Waals surface area contributed by atoms with Crippen LogP contribution in [0.3, 0.4) is 0 Å². The Kier molecular flexibility index (Phi) is 9.11. The van der Waals surface area contributed by atoms with E-state index in [-0.39, 0.29) is 63.2 Å². The van der Waals surface area contributed by atoms with Crippen LogP contribution < -0.4 is 21.5 Å². The number of nitrogens with one attached hydrogen (secondary N) is 2. The van der Waals surface area contributed by atoms with Gasteiger partial charge in [-0.3, -0.25) is 28.7 Å². The summed E-state index contributed by atoms with van der Waals surface area (Å²) in [5.41, 5.74) is 1.64. The number of carbonyl (C=O) groups is 1. The lowest BCUT2D eigenvalue weighted by atomic mass is 9.93. The molecule has 2 aliphatic heterocycles. The predicted molar refractivity (Wildman–Crippen MR) is 202 cm³/mol. The number of H-pyrrole nitrogens is 1. The van der Waals surface area contributed by atoms with Gasteiger partial charge < -0.3 is 20.1 Å². The number of rotatable bonds is 7. The Morgan fingerprint density at radius 1 is 1.08 bits per heavy atom. The number of carbonyl (C=O) groups excluding carboxylic acids is 1. The van der Waals surface area contributed by atoms with Crippen molar-refractivity contribution in [3.63, 3.8) is 0 Å². The third kappa shape index (κ3) is 5.40. The van der Waals surface area contributed by atoms with E-state index in [0.29, 0.717) is 53.3 Å². The van der Waals surface area contributed by atoms with Crippen LogP contribution in [0.5, 0.6) is 0 Å². The molecule has 2 aromatic carbocycles. The van der Waals surface area contributed by atoms with Gasteiger partial charge in [-0.2, -0.15) is 0 Å². The van der Waals surface area contributed by atoms with Crippen molar-refractivity contribution in [1.82, 2.24) is 19.0 Å². The SMILES string of the molecule is C=CC(=O)N1CC2CNc3c(c4cc(F)c(-c5c(C)ccc6[nH]c(=O)n(C)c56)c(F)c4n(C(/C(=N\C)C(C)C)=C(/N=C)C(C)C)c3=O)N2CC1C. The maximum Gasteiger partial charge on any atom is 0.326 e. The third-order valence-electron chi connectivity index (χ3n) is 10.2. The minimum absolute atomic E-state index is 0.160. The monoisotopic (exact) mass is 698 g/mol. The number of hydrogen-bond acceptors (Lipinski definition) is 7. The first-order chi connectivity index (χ1) is 24.2. The highest BCUT2D eigenvalue weighted by atomic mass is 19.1. The standard InChI is InChI=1S/C38H44F2N8O3/c1-11-26(49)46-17-22-15-43-32-34(47(22)16-21(46)7)23-14-24(39)28(27-20(6)12-13-25-35(27)45(10)38(51)44-25)29(40)33(23)48(37(32)50)36(30(41-8)18(2)3)31(42-9)19(4)5/h11-14,18-19,21-22,43H,1,8,15-17H2,2-7,9-10H3,(H,44,51)/b36-30+,42-31-. The van der Waals surface area contributed by atoms with Crippen LogP contribution in [-0.2, 0) is 11.8 Å². The second kappa shape index (κ2) is 13.1. The maximum atomic E-state index is 18.0. The molecule has 1 amide bonds. The van der Waals surface area contributed by atoms with Crippen molar-refractivity contribution in [2.45, 2.75) is 53.6 Å². The summed E-state index contributed by atoms with van der Waals surface area (Å²) in [7, 11) is 3.14. The average molecular weight is 699 g/mol. The van der Waals surface area contributed by atoms with E-state index in [9.17, 15) is 9.59 Å². The minimum atomic E-state index is -0.978. The van der Waals surface area contributed by atoms with E-state index in [2.05, 4.69) is 33.6 Å². The smallest absolute Gasteiger partial charge is 0.326 e. The Labute approximate surface area is 294 Å². The number of piperazine rings is 1. The summed E-state index contributed by atoms with van der Waals surface area (Å²) in [4.78, 5) is 56.0. The molecule has 0 spiro atoms. The highest BCUT2D eigenvalue weighted by Gasteiger charge is 2.41. The normalized spacial score (nSPS) is 18.2. The third-order valence-corrected chi connectivity index (χ3v) is 10.2. The van der Waals surface area contributed by atoms with Gasteiger partial charge >= 0.3 is 5.69 Å². The van der Waals surface area contributed by atoms with Gasteiger partial charge in [-0.1, -0.05) is 40.3 Å². The first kappa shape index (κ1) is 35.5. The van der Waals surface area contributed by atoms with Crippen molar-refractivity contribution < 1.29 is 13.6 Å². The molecule has 1 fully saturated rings. The molecule has 4 heterocycles. The Hall–Kier alpha value is -5.33. The molecule has 51 heavy (non-hydrogen) atoms. The fourth-order valence-electron chi connectivity index (χ4n) is 7.77. The van der Waals surface area contributed by atoms with Crippen molar-refractivity contribution in [3.05, 3.63) is 74.6 Å². The number of fused-ring (bicyclic) bond motifs is 6. The van der Waals surface area contributed by atoms with Crippen molar-refractivity contribution in [2.75, 3.05) is 36.9 Å². The van der Waals surface area contributed by atoms with Crippen LogP contribution in [0, 0.1) is 30.4 Å². The molecule has 0 saturated carbocycles. The zero-order chi connectivity index (χ0) is 37.2. The van der Waals surface area contributed by atoms with Gasteiger partial charge in [-0.05, 0) is 56.2 Å². The number of imidazole rings is 1. The minimum Gasteiger partial charge on any atom is -0.377 e. The summed E-state index contributed by atoms with van der Waals surface area (Å²) < 4.78 is 37.5. The lowest BCUT2D eigenvalue weighted by Crippen LogP contribution is -2.62. The zero-order valence-electron chi connectivity index (χ0n) is 30.3. The molecule has 4 aromatic rings. The molecule has 2 N–H and O–H groups in total. The van der Waals surface area contributed by atoms with E-state index < -0.39 is 22.9 Å². The molecule has 6 rings (SSSR count). The van der Waals surface area contributed by atoms with E-state index in [1.54, 1.807) is 31.0 Å². The van der Waals surface area contributed by atoms with Gasteiger partial charge in [-0.15, -0.1) is 0 Å². The van der Waals surface area contributed by atoms with Crippen LogP contribution in [0.1, 0.15) is 40.2 Å². The molecular formula is C38H44F2N8O3. The number of halogens is 2. The number of pyridine rings is 1. The van der Waals surface area contributed by atoms with Crippen molar-refractivity contribution in [1.29, 1.82) is 0 Å². The highest BCUT2D eigenvalue weighted by Crippen LogP contribution is 2.45. The van der Waals surface area contributed by atoms with Gasteiger partial charge in [0, 0.05) is 50.7 Å². The molecule has 2 atom stereocenters. The van der Waals surface area contributed by atoms with E-state index in [0.717, 1.165) is 0 Å². The molecule has 2 aromatic heterocycles. The summed E-state index contributed by atoms with van der Waals surface area (Å²) >= 11 is 0. The first-order valence-electron chi connectivity index (χ1n) is 17.1. The summed E-state index contributed by atoms with van der Waals surface area (Å²) in [5, 5.41) is 3.44. The van der Waals surface area contributed by atoms with Gasteiger partial charge in [0.15, 0.2) is 5.82 Å². The summed E-state index contributed by atoms with van der Waals surface area (Å²) in [6.45, 7) is 19.7. The molecule has 2 unspecified atom stereocenters. The van der Waals surface area contributed by atoms with E-state index in [1.165, 1.54) is 28.3 Å². The largest absolute Gasteiger partial charge is 0.377 e. The van der Waals surface area contributed by atoms with Crippen molar-refractivity contribution in [3.8, 4) is 11.1 Å². The van der Waals surface area contributed by atoms with E-state index in [1.807, 2.05) is 39.5 Å². The Balaban J connectivity index is 1.82. The summed E-state index contributed by atoms with van der Waals surface area (Å²) in [6.07, 6.45) is 1.27. The molecule has 0 aliphatic carbocycles. The molecule has 1 saturated heterocycles. The second-order valence-corrected chi connectivity index (χ2v) is 14.0. The lowest BCUT2D eigenvalue weighted by Gasteiger charge is -2.49. The average Bonchev–Trinajstić information content (AvgIpc) is 3.37. The number of allylic oxidation sites excluding steroid dienone is 2. The van der Waals surface area contributed by atoms with E-state index in [4.69, 9.17) is 0 Å². The summed E-state index contributed by atoms with van der Waals surface area (Å²) in [5.74, 6) is -2.54. The fraction of sp³-hybridized carbons (Fsp3) is 0.395. The molecule has 11 nitrogen and oxygen atoms in total. The number of aromatic nitrogens is 3. The van der Waals surface area contributed by atoms with Crippen LogP contribution in [0.4, 0.5) is 20.2 Å². The topological polar surface area (TPSA) is 120 Å². The highest BCUT2D eigenvalue weighted by molar-refractivity contribution is 6.22. The zero-order valence-corrected chi connectivity index (χ0v) is 30.3. The molecule has 0 bridgehead atoms. The number of hydrogen-bond donors (Lipinski definition) is 2. The molecule has 2 aliphatic rings. The quantitative estimate of drug-likeness (QED) is 0.190. The molecular weight excluding hydrogens is 654 g/mol. The number of aromatic amines is 1. The lowest BCUT2D eigenvalue weighted by molar-refractivity contribution is -0.128. The maximum absolute atomic E-state index is 18.0. The van der Waals surface area contributed by atoms with Gasteiger partial charge in [0.1, 0.15) is 11.5 Å². The van der Waals surface area contributed by atoms with Gasteiger partial charge in [0.2, 0.25) is 5.91 Å². The summed E-state index contributed by atoms with van der Waals surface area (Å²) in [6, 6.07) is 4.08. The van der Waals surface area contributed by atoms with Gasteiger partial charge in [0.25, 0.3) is 5.56 Å². The molecule has 0 radical (unpaired) electrons. The number of aliphatic imine (C=N–C) groups is 2. The number of amides is 1. The molecule has 268 valence electrons. The van der Waals surface area contributed by atoms with Crippen LogP contribution in [0.15, 0.2) is 56.1 Å².